The summed E-state index contributed by atoms with van der Waals surface area (Å²) in [6.07, 6.45) is 2.69. The van der Waals surface area contributed by atoms with Crippen LogP contribution in [0, 0.1) is 5.92 Å². The molecule has 0 saturated carbocycles. The monoisotopic (exact) mass is 357 g/mol. The molecule has 1 aliphatic rings. The van der Waals surface area contributed by atoms with Gasteiger partial charge in [0.05, 0.1) is 0 Å². The molecule has 25 heavy (non-hydrogen) atoms. The second kappa shape index (κ2) is 8.39. The summed E-state index contributed by atoms with van der Waals surface area (Å²) in [5.74, 6) is 1.33. The fraction of sp³-hybridized carbons (Fsp3) is 0.381. The number of likely N-dealkylation sites (tertiary alicyclic amines) is 1. The highest BCUT2D eigenvalue weighted by Gasteiger charge is 2.27. The molecule has 1 aliphatic heterocycles. The van der Waals surface area contributed by atoms with Gasteiger partial charge in [0, 0.05) is 18.1 Å². The second-order valence-corrected chi connectivity index (χ2v) is 7.11. The number of carbonyl (C=O) groups is 1. The van der Waals surface area contributed by atoms with Crippen molar-refractivity contribution in [1.29, 1.82) is 0 Å². The summed E-state index contributed by atoms with van der Waals surface area (Å²) >= 11 is 5.96. The molecule has 3 rings (SSSR count). The lowest BCUT2D eigenvalue weighted by atomic mass is 9.90. The summed E-state index contributed by atoms with van der Waals surface area (Å²) in [5, 5.41) is 0.610. The highest BCUT2D eigenvalue weighted by atomic mass is 35.5. The number of benzene rings is 2. The Morgan fingerprint density at radius 2 is 1.88 bits per heavy atom. The van der Waals surface area contributed by atoms with Gasteiger partial charge in [0.25, 0.3) is 5.91 Å². The average molecular weight is 358 g/mol. The van der Waals surface area contributed by atoms with Gasteiger partial charge in [0.15, 0.2) is 6.10 Å². The van der Waals surface area contributed by atoms with E-state index < -0.39 is 6.10 Å². The minimum Gasteiger partial charge on any atom is -0.481 e. The van der Waals surface area contributed by atoms with E-state index in [1.807, 2.05) is 23.1 Å². The number of piperidine rings is 1. The topological polar surface area (TPSA) is 29.5 Å². The number of carbonyl (C=O) groups excluding carboxylic acids is 1. The zero-order valence-electron chi connectivity index (χ0n) is 14.5. The van der Waals surface area contributed by atoms with Crippen LogP contribution in [-0.2, 0) is 11.2 Å². The quantitative estimate of drug-likeness (QED) is 0.783. The first-order chi connectivity index (χ1) is 12.1. The molecule has 0 bridgehead atoms. The maximum Gasteiger partial charge on any atom is 0.263 e. The van der Waals surface area contributed by atoms with E-state index >= 15 is 0 Å². The number of halogens is 1. The fourth-order valence-corrected chi connectivity index (χ4v) is 3.54. The van der Waals surface area contributed by atoms with Gasteiger partial charge in [-0.1, -0.05) is 48.0 Å². The molecule has 1 fully saturated rings. The minimum absolute atomic E-state index is 0.0538. The summed E-state index contributed by atoms with van der Waals surface area (Å²) in [6, 6.07) is 17.7. The normalized spacial score (nSPS) is 16.5. The molecule has 4 heteroatoms. The van der Waals surface area contributed by atoms with Crippen LogP contribution in [0.25, 0.3) is 0 Å². The van der Waals surface area contributed by atoms with Crippen molar-refractivity contribution in [2.75, 3.05) is 13.1 Å². The van der Waals surface area contributed by atoms with Crippen LogP contribution in [0.4, 0.5) is 0 Å². The predicted octanol–water partition coefficient (Wildman–Crippen LogP) is 4.59. The van der Waals surface area contributed by atoms with E-state index in [4.69, 9.17) is 16.3 Å². The molecular formula is C21H24ClNO2. The van der Waals surface area contributed by atoms with Crippen LogP contribution in [0.15, 0.2) is 54.6 Å². The smallest absolute Gasteiger partial charge is 0.263 e. The van der Waals surface area contributed by atoms with Crippen molar-refractivity contribution in [3.05, 3.63) is 65.2 Å². The van der Waals surface area contributed by atoms with Crippen molar-refractivity contribution in [3.8, 4) is 5.75 Å². The summed E-state index contributed by atoms with van der Waals surface area (Å²) < 4.78 is 5.76. The number of amides is 1. The number of ether oxygens (including phenoxy) is 1. The second-order valence-electron chi connectivity index (χ2n) is 6.68. The Kier molecular flexibility index (Phi) is 5.98. The molecule has 2 aromatic rings. The Bertz CT molecular complexity index is 696. The van der Waals surface area contributed by atoms with Crippen molar-refractivity contribution in [2.45, 2.75) is 32.3 Å². The van der Waals surface area contributed by atoms with Gasteiger partial charge in [-0.15, -0.1) is 0 Å². The molecule has 1 heterocycles. The number of nitrogens with zero attached hydrogens (tertiary/aromatic N) is 1. The van der Waals surface area contributed by atoms with Crippen molar-refractivity contribution < 1.29 is 9.53 Å². The molecule has 3 nitrogen and oxygen atoms in total. The number of rotatable bonds is 5. The molecule has 0 aromatic heterocycles. The molecular weight excluding hydrogens is 334 g/mol. The minimum atomic E-state index is -0.496. The third-order valence-corrected chi connectivity index (χ3v) is 4.99. The third-order valence-electron chi connectivity index (χ3n) is 4.75. The standard InChI is InChI=1S/C21H24ClNO2/c1-16(25-20-9-5-8-19(22)15-20)21(24)23-12-10-18(11-13-23)14-17-6-3-2-4-7-17/h2-9,15-16,18H,10-14H2,1H3/t16-/m0/s1. The van der Waals surface area contributed by atoms with E-state index in [1.165, 1.54) is 5.56 Å². The van der Waals surface area contributed by atoms with E-state index in [-0.39, 0.29) is 5.91 Å². The maximum absolute atomic E-state index is 12.6. The van der Waals surface area contributed by atoms with Crippen LogP contribution in [0.2, 0.25) is 5.02 Å². The van der Waals surface area contributed by atoms with E-state index in [0.717, 1.165) is 32.4 Å². The van der Waals surface area contributed by atoms with Crippen LogP contribution in [0.5, 0.6) is 5.75 Å². The molecule has 0 radical (unpaired) electrons. The maximum atomic E-state index is 12.6. The van der Waals surface area contributed by atoms with Crippen molar-refractivity contribution in [1.82, 2.24) is 4.90 Å². The van der Waals surface area contributed by atoms with Gasteiger partial charge in [-0.3, -0.25) is 4.79 Å². The number of hydrogen-bond acceptors (Lipinski definition) is 2. The lowest BCUT2D eigenvalue weighted by Gasteiger charge is -2.33. The highest BCUT2D eigenvalue weighted by Crippen LogP contribution is 2.23. The first-order valence-corrected chi connectivity index (χ1v) is 9.24. The van der Waals surface area contributed by atoms with Crippen LogP contribution < -0.4 is 4.74 Å². The van der Waals surface area contributed by atoms with E-state index in [1.54, 1.807) is 19.1 Å². The molecule has 132 valence electrons. The molecule has 0 spiro atoms. The van der Waals surface area contributed by atoms with Gasteiger partial charge in [-0.25, -0.2) is 0 Å². The summed E-state index contributed by atoms with van der Waals surface area (Å²) in [5.41, 5.74) is 1.38. The summed E-state index contributed by atoms with van der Waals surface area (Å²) in [4.78, 5) is 14.5. The van der Waals surface area contributed by atoms with Gasteiger partial charge in [0.1, 0.15) is 5.75 Å². The average Bonchev–Trinajstić information content (AvgIpc) is 2.62. The molecule has 0 N–H and O–H groups in total. The zero-order valence-corrected chi connectivity index (χ0v) is 15.3. The van der Waals surface area contributed by atoms with Gasteiger partial charge in [0.2, 0.25) is 0 Å². The summed E-state index contributed by atoms with van der Waals surface area (Å²) in [7, 11) is 0. The lowest BCUT2D eigenvalue weighted by molar-refractivity contribution is -0.139. The SMILES string of the molecule is C[C@H](Oc1cccc(Cl)c1)C(=O)N1CCC(Cc2ccccc2)CC1. The van der Waals surface area contributed by atoms with Crippen LogP contribution in [-0.4, -0.2) is 30.0 Å². The van der Waals surface area contributed by atoms with Gasteiger partial charge in [-0.2, -0.15) is 0 Å². The Balaban J connectivity index is 1.49. The van der Waals surface area contributed by atoms with Crippen molar-refractivity contribution >= 4 is 17.5 Å². The van der Waals surface area contributed by atoms with E-state index in [0.29, 0.717) is 16.7 Å². The van der Waals surface area contributed by atoms with Crippen LogP contribution in [0.3, 0.4) is 0 Å². The van der Waals surface area contributed by atoms with Crippen LogP contribution in [0.1, 0.15) is 25.3 Å². The lowest BCUT2D eigenvalue weighted by Crippen LogP contribution is -2.45. The zero-order chi connectivity index (χ0) is 17.6. The van der Waals surface area contributed by atoms with Crippen molar-refractivity contribution in [2.24, 2.45) is 5.92 Å². The van der Waals surface area contributed by atoms with Crippen LogP contribution >= 0.6 is 11.6 Å². The van der Waals surface area contributed by atoms with Gasteiger partial charge < -0.3 is 9.64 Å². The first kappa shape index (κ1) is 17.8. The van der Waals surface area contributed by atoms with E-state index in [9.17, 15) is 4.79 Å². The highest BCUT2D eigenvalue weighted by molar-refractivity contribution is 6.30. The van der Waals surface area contributed by atoms with Crippen molar-refractivity contribution in [3.63, 3.8) is 0 Å². The van der Waals surface area contributed by atoms with Gasteiger partial charge >= 0.3 is 0 Å². The Morgan fingerprint density at radius 3 is 2.56 bits per heavy atom. The summed E-state index contributed by atoms with van der Waals surface area (Å²) in [6.45, 7) is 3.42. The molecule has 1 amide bonds. The Morgan fingerprint density at radius 1 is 1.16 bits per heavy atom. The Hall–Kier alpha value is -2.00. The molecule has 1 atom stereocenters. The third kappa shape index (κ3) is 4.99. The van der Waals surface area contributed by atoms with Gasteiger partial charge in [-0.05, 0) is 55.9 Å². The predicted molar refractivity (Wildman–Crippen MR) is 101 cm³/mol. The first-order valence-electron chi connectivity index (χ1n) is 8.87. The van der Waals surface area contributed by atoms with E-state index in [2.05, 4.69) is 24.3 Å². The molecule has 1 saturated heterocycles. The fourth-order valence-electron chi connectivity index (χ4n) is 3.36. The Labute approximate surface area is 154 Å². The largest absolute Gasteiger partial charge is 0.481 e. The molecule has 2 aromatic carbocycles. The molecule has 0 unspecified atom stereocenters. The molecule has 0 aliphatic carbocycles. The number of hydrogen-bond donors (Lipinski definition) is 0.